The van der Waals surface area contributed by atoms with Gasteiger partial charge < -0.3 is 25.6 Å². The molecule has 0 aliphatic rings. The van der Waals surface area contributed by atoms with Gasteiger partial charge in [-0.3, -0.25) is 4.68 Å². The zero-order chi connectivity index (χ0) is 13.2. The first-order chi connectivity index (χ1) is 8.68. The van der Waals surface area contributed by atoms with Crippen molar-refractivity contribution in [3.05, 3.63) is 12.4 Å². The van der Waals surface area contributed by atoms with Gasteiger partial charge in [0.1, 0.15) is 0 Å². The molecule has 1 heterocycles. The summed E-state index contributed by atoms with van der Waals surface area (Å²) in [5.74, 6) is 0. The first-order valence-electron chi connectivity index (χ1n) is 5.58. The molecule has 4 N–H and O–H groups in total. The first-order valence-corrected chi connectivity index (χ1v) is 5.58. The molecule has 0 aliphatic heterocycles. The highest BCUT2D eigenvalue weighted by Gasteiger charge is 1.95. The molecular weight excluding hydrogens is 240 g/mol. The lowest BCUT2D eigenvalue weighted by molar-refractivity contribution is 0.0451. The third kappa shape index (κ3) is 6.71. The summed E-state index contributed by atoms with van der Waals surface area (Å²) in [6.07, 6.45) is 2.27. The lowest BCUT2D eigenvalue weighted by Gasteiger charge is -2.06. The topological polar surface area (TPSA) is 112 Å². The van der Waals surface area contributed by atoms with Crippen molar-refractivity contribution >= 4 is 11.8 Å². The van der Waals surface area contributed by atoms with Crippen LogP contribution in [-0.4, -0.2) is 54.0 Å². The number of rotatable bonds is 9. The van der Waals surface area contributed by atoms with E-state index in [4.69, 9.17) is 20.3 Å². The lowest BCUT2D eigenvalue weighted by atomic mass is 10.6. The number of carbonyl (C=O) groups is 1. The van der Waals surface area contributed by atoms with Crippen molar-refractivity contribution in [2.75, 3.05) is 38.7 Å². The van der Waals surface area contributed by atoms with Gasteiger partial charge in [0.15, 0.2) is 0 Å². The van der Waals surface area contributed by atoms with Gasteiger partial charge >= 0.3 is 6.09 Å². The summed E-state index contributed by atoms with van der Waals surface area (Å²) < 4.78 is 12.2. The molecule has 18 heavy (non-hydrogen) atoms. The van der Waals surface area contributed by atoms with E-state index in [9.17, 15) is 4.79 Å². The van der Waals surface area contributed by atoms with Gasteiger partial charge in [0.25, 0.3) is 0 Å². The largest absolute Gasteiger partial charge is 0.465 e. The summed E-state index contributed by atoms with van der Waals surface area (Å²) in [7, 11) is 0. The highest BCUT2D eigenvalue weighted by molar-refractivity contribution is 5.64. The maximum atomic E-state index is 10.1. The van der Waals surface area contributed by atoms with E-state index in [0.717, 1.165) is 0 Å². The Kier molecular flexibility index (Phi) is 6.59. The Balaban J connectivity index is 1.85. The molecule has 0 bridgehead atoms. The number of hydrogen-bond acceptors (Lipinski definition) is 5. The average Bonchev–Trinajstić information content (AvgIpc) is 2.72. The van der Waals surface area contributed by atoms with Gasteiger partial charge in [-0.05, 0) is 0 Å². The molecule has 1 aromatic rings. The van der Waals surface area contributed by atoms with Crippen LogP contribution >= 0.6 is 0 Å². The number of carboxylic acid groups (broad SMARTS) is 1. The summed E-state index contributed by atoms with van der Waals surface area (Å²) in [6, 6.07) is 0. The fraction of sp³-hybridized carbons (Fsp3) is 0.600. The number of ether oxygens (including phenoxy) is 2. The van der Waals surface area contributed by atoms with Crippen molar-refractivity contribution in [2.24, 2.45) is 0 Å². The molecule has 8 nitrogen and oxygen atoms in total. The Morgan fingerprint density at radius 3 is 2.72 bits per heavy atom. The van der Waals surface area contributed by atoms with E-state index >= 15 is 0 Å². The molecule has 0 saturated carbocycles. The van der Waals surface area contributed by atoms with E-state index in [1.54, 1.807) is 17.1 Å². The van der Waals surface area contributed by atoms with Gasteiger partial charge in [-0.2, -0.15) is 5.10 Å². The minimum absolute atomic E-state index is 0.280. The van der Waals surface area contributed by atoms with E-state index in [1.807, 2.05) is 0 Å². The van der Waals surface area contributed by atoms with Gasteiger partial charge in [-0.1, -0.05) is 0 Å². The van der Waals surface area contributed by atoms with Crippen LogP contribution in [-0.2, 0) is 16.0 Å². The SMILES string of the molecule is Nc1cnn(CCOCCOCCNC(=O)O)c1. The number of nitrogens with two attached hydrogens (primary N) is 1. The van der Waals surface area contributed by atoms with E-state index in [0.29, 0.717) is 38.7 Å². The second-order valence-electron chi connectivity index (χ2n) is 3.49. The predicted octanol–water partition coefficient (Wildman–Crippen LogP) is -0.234. The Morgan fingerprint density at radius 2 is 2.11 bits per heavy atom. The number of hydrogen-bond donors (Lipinski definition) is 3. The normalized spacial score (nSPS) is 10.4. The van der Waals surface area contributed by atoms with Gasteiger partial charge in [0.2, 0.25) is 0 Å². The highest BCUT2D eigenvalue weighted by Crippen LogP contribution is 1.97. The van der Waals surface area contributed by atoms with Gasteiger partial charge in [-0.25, -0.2) is 4.79 Å². The average molecular weight is 258 g/mol. The summed E-state index contributed by atoms with van der Waals surface area (Å²) in [6.45, 7) is 2.68. The fourth-order valence-electron chi connectivity index (χ4n) is 1.21. The molecule has 0 aromatic carbocycles. The van der Waals surface area contributed by atoms with Crippen LogP contribution in [0.5, 0.6) is 0 Å². The second-order valence-corrected chi connectivity index (χ2v) is 3.49. The molecule has 0 aliphatic carbocycles. The van der Waals surface area contributed by atoms with Crippen LogP contribution in [0.25, 0.3) is 0 Å². The predicted molar refractivity (Wildman–Crippen MR) is 64.3 cm³/mol. The first kappa shape index (κ1) is 14.3. The lowest BCUT2D eigenvalue weighted by Crippen LogP contribution is -2.25. The second kappa shape index (κ2) is 8.31. The van der Waals surface area contributed by atoms with Gasteiger partial charge in [-0.15, -0.1) is 0 Å². The summed E-state index contributed by atoms with van der Waals surface area (Å²) in [4.78, 5) is 10.1. The zero-order valence-electron chi connectivity index (χ0n) is 10.0. The highest BCUT2D eigenvalue weighted by atomic mass is 16.5. The molecule has 1 aromatic heterocycles. The minimum atomic E-state index is -1.05. The van der Waals surface area contributed by atoms with Crippen LogP contribution in [0.3, 0.4) is 0 Å². The molecule has 0 radical (unpaired) electrons. The van der Waals surface area contributed by atoms with Crippen molar-refractivity contribution in [1.82, 2.24) is 15.1 Å². The van der Waals surface area contributed by atoms with Crippen LogP contribution in [0.1, 0.15) is 0 Å². The summed E-state index contributed by atoms with van der Waals surface area (Å²) in [5.41, 5.74) is 6.14. The van der Waals surface area contributed by atoms with Crippen LogP contribution in [0.2, 0.25) is 0 Å². The Morgan fingerprint density at radius 1 is 1.39 bits per heavy atom. The van der Waals surface area contributed by atoms with E-state index < -0.39 is 6.09 Å². The maximum absolute atomic E-state index is 10.1. The van der Waals surface area contributed by atoms with Crippen LogP contribution in [0, 0.1) is 0 Å². The molecule has 0 atom stereocenters. The third-order valence-corrected chi connectivity index (χ3v) is 2.01. The van der Waals surface area contributed by atoms with Crippen molar-refractivity contribution in [3.8, 4) is 0 Å². The maximum Gasteiger partial charge on any atom is 0.404 e. The smallest absolute Gasteiger partial charge is 0.404 e. The molecule has 0 spiro atoms. The number of nitrogens with one attached hydrogen (secondary N) is 1. The van der Waals surface area contributed by atoms with Crippen molar-refractivity contribution in [2.45, 2.75) is 6.54 Å². The molecule has 1 amide bonds. The molecule has 102 valence electrons. The molecule has 0 fully saturated rings. The zero-order valence-corrected chi connectivity index (χ0v) is 10.0. The monoisotopic (exact) mass is 258 g/mol. The van der Waals surface area contributed by atoms with Gasteiger partial charge in [0, 0.05) is 12.7 Å². The molecule has 1 rings (SSSR count). The van der Waals surface area contributed by atoms with Crippen molar-refractivity contribution in [3.63, 3.8) is 0 Å². The number of nitrogens with zero attached hydrogens (tertiary/aromatic N) is 2. The summed E-state index contributed by atoms with van der Waals surface area (Å²) in [5, 5.41) is 14.5. The van der Waals surface area contributed by atoms with Crippen molar-refractivity contribution < 1.29 is 19.4 Å². The number of amides is 1. The standard InChI is InChI=1S/C10H18N4O4/c11-9-7-13-14(8-9)2-4-18-6-5-17-3-1-12-10(15)16/h7-8,12H,1-6,11H2,(H,15,16). The van der Waals surface area contributed by atoms with Crippen molar-refractivity contribution in [1.29, 1.82) is 0 Å². The molecule has 0 unspecified atom stereocenters. The fourth-order valence-corrected chi connectivity index (χ4v) is 1.21. The third-order valence-electron chi connectivity index (χ3n) is 2.01. The Bertz CT molecular complexity index is 355. The quantitative estimate of drug-likeness (QED) is 0.527. The molecule has 8 heteroatoms. The van der Waals surface area contributed by atoms with Crippen LogP contribution in [0.4, 0.5) is 10.5 Å². The van der Waals surface area contributed by atoms with E-state index in [-0.39, 0.29) is 6.54 Å². The number of nitrogen functional groups attached to an aromatic ring is 1. The van der Waals surface area contributed by atoms with Gasteiger partial charge in [0.05, 0.1) is 44.9 Å². The van der Waals surface area contributed by atoms with E-state index in [2.05, 4.69) is 10.4 Å². The van der Waals surface area contributed by atoms with E-state index in [1.165, 1.54) is 0 Å². The van der Waals surface area contributed by atoms with Crippen LogP contribution < -0.4 is 11.1 Å². The molecule has 0 saturated heterocycles. The number of aromatic nitrogens is 2. The molecular formula is C10H18N4O4. The summed E-state index contributed by atoms with van der Waals surface area (Å²) >= 11 is 0. The Hall–Kier alpha value is -1.80. The number of anilines is 1. The Labute approximate surface area is 105 Å². The van der Waals surface area contributed by atoms with Crippen LogP contribution in [0.15, 0.2) is 12.4 Å². The minimum Gasteiger partial charge on any atom is -0.465 e.